The summed E-state index contributed by atoms with van der Waals surface area (Å²) in [4.78, 5) is 0. The van der Waals surface area contributed by atoms with Crippen molar-refractivity contribution >= 4 is 0 Å². The van der Waals surface area contributed by atoms with Crippen molar-refractivity contribution in [3.05, 3.63) is 18.1 Å². The van der Waals surface area contributed by atoms with Crippen molar-refractivity contribution in [2.45, 2.75) is 13.8 Å². The Balaban J connectivity index is 2.69. The maximum absolute atomic E-state index is 5.18. The van der Waals surface area contributed by atoms with Crippen LogP contribution in [0.2, 0.25) is 0 Å². The Hall–Kier alpha value is -0.920. The lowest BCUT2D eigenvalue weighted by Crippen LogP contribution is -1.89. The van der Waals surface area contributed by atoms with Crippen molar-refractivity contribution in [2.24, 2.45) is 0 Å². The molecule has 0 spiro atoms. The van der Waals surface area contributed by atoms with Crippen molar-refractivity contribution < 1.29 is 9.15 Å². The van der Waals surface area contributed by atoms with E-state index in [0.717, 1.165) is 11.5 Å². The van der Waals surface area contributed by atoms with E-state index in [1.165, 1.54) is 0 Å². The molecule has 0 aromatic carbocycles. The lowest BCUT2D eigenvalue weighted by atomic mass is 10.4. The Kier molecular flexibility index (Phi) is 1.78. The standard InChI is InChI=1S/C7H10O2/c1-3-8-7-4-5-9-6(7)2/h4-5H,3H2,1-2H3. The lowest BCUT2D eigenvalue weighted by molar-refractivity contribution is 0.330. The van der Waals surface area contributed by atoms with Gasteiger partial charge in [0.25, 0.3) is 0 Å². The number of rotatable bonds is 2. The second-order valence-electron chi connectivity index (χ2n) is 1.77. The number of furan rings is 1. The first-order valence-electron chi connectivity index (χ1n) is 3.01. The van der Waals surface area contributed by atoms with E-state index in [2.05, 4.69) is 0 Å². The Bertz CT molecular complexity index is 179. The van der Waals surface area contributed by atoms with Crippen LogP contribution in [-0.2, 0) is 0 Å². The quantitative estimate of drug-likeness (QED) is 0.604. The molecule has 2 nitrogen and oxygen atoms in total. The summed E-state index contributed by atoms with van der Waals surface area (Å²) in [5.74, 6) is 1.69. The van der Waals surface area contributed by atoms with Gasteiger partial charge in [-0.15, -0.1) is 0 Å². The van der Waals surface area contributed by atoms with Gasteiger partial charge in [-0.1, -0.05) is 0 Å². The van der Waals surface area contributed by atoms with Crippen LogP contribution in [0.15, 0.2) is 16.7 Å². The third-order valence-corrected chi connectivity index (χ3v) is 1.11. The van der Waals surface area contributed by atoms with Gasteiger partial charge in [0.15, 0.2) is 5.75 Å². The summed E-state index contributed by atoms with van der Waals surface area (Å²) in [6.45, 7) is 4.53. The molecule has 0 bridgehead atoms. The maximum atomic E-state index is 5.18. The summed E-state index contributed by atoms with van der Waals surface area (Å²) in [5.41, 5.74) is 0. The van der Waals surface area contributed by atoms with Gasteiger partial charge < -0.3 is 9.15 Å². The largest absolute Gasteiger partial charge is 0.490 e. The average molecular weight is 126 g/mol. The van der Waals surface area contributed by atoms with Gasteiger partial charge in [0.05, 0.1) is 12.9 Å². The summed E-state index contributed by atoms with van der Waals surface area (Å²) < 4.78 is 10.2. The average Bonchev–Trinajstić information content (AvgIpc) is 2.18. The van der Waals surface area contributed by atoms with Gasteiger partial charge in [0.1, 0.15) is 5.76 Å². The molecule has 0 atom stereocenters. The lowest BCUT2D eigenvalue weighted by Gasteiger charge is -1.97. The molecule has 0 amide bonds. The highest BCUT2D eigenvalue weighted by molar-refractivity contribution is 5.22. The van der Waals surface area contributed by atoms with Gasteiger partial charge in [0.2, 0.25) is 0 Å². The second-order valence-corrected chi connectivity index (χ2v) is 1.77. The van der Waals surface area contributed by atoms with Crippen molar-refractivity contribution in [3.63, 3.8) is 0 Å². The number of hydrogen-bond acceptors (Lipinski definition) is 2. The molecule has 50 valence electrons. The first kappa shape index (κ1) is 6.20. The summed E-state index contributed by atoms with van der Waals surface area (Å²) in [6, 6.07) is 1.82. The zero-order chi connectivity index (χ0) is 6.69. The van der Waals surface area contributed by atoms with Gasteiger partial charge >= 0.3 is 0 Å². The molecular weight excluding hydrogens is 116 g/mol. The molecule has 1 aromatic rings. The number of hydrogen-bond donors (Lipinski definition) is 0. The van der Waals surface area contributed by atoms with Crippen LogP contribution >= 0.6 is 0 Å². The molecule has 2 heteroatoms. The Morgan fingerprint density at radius 1 is 1.67 bits per heavy atom. The Labute approximate surface area is 54.4 Å². The molecule has 1 heterocycles. The summed E-state index contributed by atoms with van der Waals surface area (Å²) in [7, 11) is 0. The van der Waals surface area contributed by atoms with E-state index in [1.807, 2.05) is 19.9 Å². The topological polar surface area (TPSA) is 22.4 Å². The first-order chi connectivity index (χ1) is 4.34. The van der Waals surface area contributed by atoms with Crippen LogP contribution in [0.5, 0.6) is 5.75 Å². The zero-order valence-electron chi connectivity index (χ0n) is 5.68. The zero-order valence-corrected chi connectivity index (χ0v) is 5.68. The molecule has 1 rings (SSSR count). The Morgan fingerprint density at radius 3 is 2.89 bits per heavy atom. The van der Waals surface area contributed by atoms with E-state index in [0.29, 0.717) is 6.61 Å². The van der Waals surface area contributed by atoms with E-state index in [4.69, 9.17) is 9.15 Å². The summed E-state index contributed by atoms with van der Waals surface area (Å²) in [5, 5.41) is 0. The maximum Gasteiger partial charge on any atom is 0.160 e. The molecule has 0 aliphatic rings. The van der Waals surface area contributed by atoms with Crippen molar-refractivity contribution in [2.75, 3.05) is 6.61 Å². The van der Waals surface area contributed by atoms with Crippen LogP contribution in [-0.4, -0.2) is 6.61 Å². The molecule has 0 saturated carbocycles. The van der Waals surface area contributed by atoms with Crippen molar-refractivity contribution in [3.8, 4) is 5.75 Å². The molecule has 0 fully saturated rings. The molecule has 1 aromatic heterocycles. The van der Waals surface area contributed by atoms with Crippen LogP contribution in [0.25, 0.3) is 0 Å². The van der Waals surface area contributed by atoms with E-state index in [-0.39, 0.29) is 0 Å². The van der Waals surface area contributed by atoms with Crippen LogP contribution < -0.4 is 4.74 Å². The van der Waals surface area contributed by atoms with E-state index < -0.39 is 0 Å². The van der Waals surface area contributed by atoms with Crippen LogP contribution in [0.1, 0.15) is 12.7 Å². The fourth-order valence-corrected chi connectivity index (χ4v) is 0.679. The van der Waals surface area contributed by atoms with E-state index >= 15 is 0 Å². The fraction of sp³-hybridized carbons (Fsp3) is 0.429. The third kappa shape index (κ3) is 1.25. The molecular formula is C7H10O2. The normalized spacial score (nSPS) is 9.56. The van der Waals surface area contributed by atoms with Crippen molar-refractivity contribution in [1.82, 2.24) is 0 Å². The summed E-state index contributed by atoms with van der Waals surface area (Å²) >= 11 is 0. The minimum absolute atomic E-state index is 0.695. The smallest absolute Gasteiger partial charge is 0.160 e. The molecule has 0 aliphatic heterocycles. The molecule has 9 heavy (non-hydrogen) atoms. The molecule has 0 aliphatic carbocycles. The van der Waals surface area contributed by atoms with Gasteiger partial charge in [-0.25, -0.2) is 0 Å². The minimum atomic E-state index is 0.695. The predicted octanol–water partition coefficient (Wildman–Crippen LogP) is 1.99. The minimum Gasteiger partial charge on any atom is -0.490 e. The van der Waals surface area contributed by atoms with Crippen LogP contribution in [0, 0.1) is 6.92 Å². The molecule has 0 N–H and O–H groups in total. The van der Waals surface area contributed by atoms with Gasteiger partial charge in [-0.2, -0.15) is 0 Å². The van der Waals surface area contributed by atoms with E-state index in [1.54, 1.807) is 6.26 Å². The first-order valence-corrected chi connectivity index (χ1v) is 3.01. The van der Waals surface area contributed by atoms with Crippen LogP contribution in [0.4, 0.5) is 0 Å². The molecule has 0 unspecified atom stereocenters. The highest BCUT2D eigenvalue weighted by Gasteiger charge is 1.98. The second kappa shape index (κ2) is 2.58. The van der Waals surface area contributed by atoms with Crippen LogP contribution in [0.3, 0.4) is 0 Å². The van der Waals surface area contributed by atoms with E-state index in [9.17, 15) is 0 Å². The van der Waals surface area contributed by atoms with Gasteiger partial charge in [-0.3, -0.25) is 0 Å². The van der Waals surface area contributed by atoms with Gasteiger partial charge in [0, 0.05) is 6.07 Å². The molecule has 0 radical (unpaired) electrons. The SMILES string of the molecule is CCOc1ccoc1C. The fourth-order valence-electron chi connectivity index (χ4n) is 0.679. The predicted molar refractivity (Wildman–Crippen MR) is 34.6 cm³/mol. The highest BCUT2D eigenvalue weighted by Crippen LogP contribution is 2.17. The summed E-state index contributed by atoms with van der Waals surface area (Å²) in [6.07, 6.45) is 1.63. The molecule has 0 saturated heterocycles. The third-order valence-electron chi connectivity index (χ3n) is 1.11. The Morgan fingerprint density at radius 2 is 2.44 bits per heavy atom. The van der Waals surface area contributed by atoms with Crippen molar-refractivity contribution in [1.29, 1.82) is 0 Å². The van der Waals surface area contributed by atoms with Gasteiger partial charge in [-0.05, 0) is 13.8 Å². The monoisotopic (exact) mass is 126 g/mol. The number of aryl methyl sites for hydroxylation is 1. The number of ether oxygens (including phenoxy) is 1. The highest BCUT2D eigenvalue weighted by atomic mass is 16.5.